The number of amides is 3. The lowest BCUT2D eigenvalue weighted by Crippen LogP contribution is -2.43. The Morgan fingerprint density at radius 1 is 0.812 bits per heavy atom. The molecule has 0 atom stereocenters. The van der Waals surface area contributed by atoms with Crippen molar-refractivity contribution in [2.24, 2.45) is 0 Å². The number of hydrogen-bond donors (Lipinski definition) is 3. The number of non-ortho nitro benzene ring substituents is 1. The Hall–Kier alpha value is -4.48. The van der Waals surface area contributed by atoms with Crippen LogP contribution in [0.25, 0.3) is 0 Å². The highest BCUT2D eigenvalue weighted by atomic mass is 16.6. The van der Waals surface area contributed by atoms with E-state index in [9.17, 15) is 29.3 Å². The van der Waals surface area contributed by atoms with Crippen LogP contribution in [0.15, 0.2) is 54.6 Å². The standard InChI is InChI=1S/C20H20N4O8/c25-17(22-12-19(27)32-16-8-6-15(7-9-16)24(29)30)10-21-18(26)11-23-20(28)31-13-14-4-2-1-3-5-14/h1-9H,10-13H2,(H,21,26)(H,22,25)(H,23,28). The van der Waals surface area contributed by atoms with Crippen LogP contribution in [0.1, 0.15) is 5.56 Å². The molecular formula is C20H20N4O8. The van der Waals surface area contributed by atoms with Gasteiger partial charge in [0.05, 0.1) is 11.5 Å². The smallest absolute Gasteiger partial charge is 0.407 e. The summed E-state index contributed by atoms with van der Waals surface area (Å²) in [5.41, 5.74) is 0.628. The Labute approximate surface area is 182 Å². The average Bonchev–Trinajstić information content (AvgIpc) is 2.79. The molecule has 0 aliphatic heterocycles. The Morgan fingerprint density at radius 3 is 2.03 bits per heavy atom. The molecule has 2 rings (SSSR count). The molecule has 168 valence electrons. The number of benzene rings is 2. The van der Waals surface area contributed by atoms with E-state index >= 15 is 0 Å². The van der Waals surface area contributed by atoms with Crippen LogP contribution >= 0.6 is 0 Å². The minimum atomic E-state index is -0.804. The van der Waals surface area contributed by atoms with Gasteiger partial charge in [0.1, 0.15) is 25.4 Å². The van der Waals surface area contributed by atoms with Crippen LogP contribution in [0.5, 0.6) is 5.75 Å². The highest BCUT2D eigenvalue weighted by Gasteiger charge is 2.12. The van der Waals surface area contributed by atoms with E-state index < -0.39 is 48.4 Å². The topological polar surface area (TPSA) is 166 Å². The number of rotatable bonds is 10. The molecule has 0 fully saturated rings. The fourth-order valence-corrected chi connectivity index (χ4v) is 2.20. The number of hydrogen-bond acceptors (Lipinski definition) is 8. The number of nitro benzene ring substituents is 1. The van der Waals surface area contributed by atoms with Crippen molar-refractivity contribution in [2.75, 3.05) is 19.6 Å². The van der Waals surface area contributed by atoms with Crippen LogP contribution in [-0.2, 0) is 25.7 Å². The first-order valence-corrected chi connectivity index (χ1v) is 9.26. The van der Waals surface area contributed by atoms with Gasteiger partial charge in [0, 0.05) is 12.1 Å². The summed E-state index contributed by atoms with van der Waals surface area (Å²) < 4.78 is 9.86. The van der Waals surface area contributed by atoms with E-state index in [1.807, 2.05) is 6.07 Å². The number of nitrogens with one attached hydrogen (secondary N) is 3. The lowest BCUT2D eigenvalue weighted by atomic mass is 10.2. The first-order valence-electron chi connectivity index (χ1n) is 9.26. The molecular weight excluding hydrogens is 424 g/mol. The third-order valence-electron chi connectivity index (χ3n) is 3.76. The van der Waals surface area contributed by atoms with Crippen molar-refractivity contribution >= 4 is 29.6 Å². The van der Waals surface area contributed by atoms with Crippen LogP contribution in [-0.4, -0.2) is 48.4 Å². The molecule has 0 unspecified atom stereocenters. The van der Waals surface area contributed by atoms with Crippen LogP contribution in [0.4, 0.5) is 10.5 Å². The minimum absolute atomic E-state index is 0.0483. The molecule has 0 heterocycles. The lowest BCUT2D eigenvalue weighted by molar-refractivity contribution is -0.384. The van der Waals surface area contributed by atoms with Crippen LogP contribution in [0.3, 0.4) is 0 Å². The zero-order valence-electron chi connectivity index (χ0n) is 16.7. The highest BCUT2D eigenvalue weighted by molar-refractivity contribution is 5.88. The summed E-state index contributed by atoms with van der Waals surface area (Å²) in [6.07, 6.45) is -0.789. The third kappa shape index (κ3) is 8.90. The van der Waals surface area contributed by atoms with Gasteiger partial charge >= 0.3 is 12.1 Å². The van der Waals surface area contributed by atoms with Crippen molar-refractivity contribution in [3.05, 3.63) is 70.3 Å². The number of nitro groups is 1. The molecule has 0 saturated heterocycles. The number of carbonyl (C=O) groups excluding carboxylic acids is 4. The molecule has 3 amide bonds. The fourth-order valence-electron chi connectivity index (χ4n) is 2.20. The van der Waals surface area contributed by atoms with Crippen LogP contribution in [0.2, 0.25) is 0 Å². The van der Waals surface area contributed by atoms with E-state index in [0.29, 0.717) is 0 Å². The summed E-state index contributed by atoms with van der Waals surface area (Å²) in [7, 11) is 0. The van der Waals surface area contributed by atoms with Crippen molar-refractivity contribution in [1.82, 2.24) is 16.0 Å². The van der Waals surface area contributed by atoms with Crippen molar-refractivity contribution in [2.45, 2.75) is 6.61 Å². The minimum Gasteiger partial charge on any atom is -0.445 e. The Bertz CT molecular complexity index is 963. The first kappa shape index (κ1) is 23.8. The molecule has 0 spiro atoms. The molecule has 0 radical (unpaired) electrons. The van der Waals surface area contributed by atoms with E-state index in [1.165, 1.54) is 24.3 Å². The van der Waals surface area contributed by atoms with Crippen molar-refractivity contribution in [3.8, 4) is 5.75 Å². The summed E-state index contributed by atoms with van der Waals surface area (Å²) >= 11 is 0. The van der Waals surface area contributed by atoms with Gasteiger partial charge in [-0.25, -0.2) is 9.59 Å². The molecule has 0 saturated carbocycles. The second-order valence-electron chi connectivity index (χ2n) is 6.19. The molecule has 3 N–H and O–H groups in total. The van der Waals surface area contributed by atoms with Crippen LogP contribution < -0.4 is 20.7 Å². The summed E-state index contributed by atoms with van der Waals surface area (Å²) in [5, 5.41) is 17.3. The quantitative estimate of drug-likeness (QED) is 0.208. The van der Waals surface area contributed by atoms with Crippen molar-refractivity contribution in [3.63, 3.8) is 0 Å². The van der Waals surface area contributed by atoms with Gasteiger partial charge in [0.2, 0.25) is 11.8 Å². The molecule has 0 aliphatic rings. The van der Waals surface area contributed by atoms with Gasteiger partial charge in [-0.1, -0.05) is 30.3 Å². The SMILES string of the molecule is O=C(CNC(=O)CNC(=O)OCc1ccccc1)NCC(=O)Oc1ccc([N+](=O)[O-])cc1. The normalized spacial score (nSPS) is 9.88. The molecule has 2 aromatic carbocycles. The van der Waals surface area contributed by atoms with Crippen molar-refractivity contribution < 1.29 is 33.6 Å². The monoisotopic (exact) mass is 444 g/mol. The molecule has 0 aromatic heterocycles. The second kappa shape index (κ2) is 12.3. The molecule has 0 bridgehead atoms. The van der Waals surface area contributed by atoms with Gasteiger partial charge in [-0.05, 0) is 17.7 Å². The maximum atomic E-state index is 11.7. The van der Waals surface area contributed by atoms with Gasteiger partial charge in [0.25, 0.3) is 5.69 Å². The zero-order chi connectivity index (χ0) is 23.3. The van der Waals surface area contributed by atoms with E-state index in [2.05, 4.69) is 16.0 Å². The average molecular weight is 444 g/mol. The van der Waals surface area contributed by atoms with Gasteiger partial charge < -0.3 is 25.4 Å². The predicted molar refractivity (Wildman–Crippen MR) is 109 cm³/mol. The number of nitrogens with zero attached hydrogens (tertiary/aromatic N) is 1. The molecule has 0 aliphatic carbocycles. The van der Waals surface area contributed by atoms with E-state index in [0.717, 1.165) is 5.56 Å². The summed E-state index contributed by atoms with van der Waals surface area (Å²) in [5.74, 6) is -2.02. The van der Waals surface area contributed by atoms with Gasteiger partial charge in [-0.3, -0.25) is 19.7 Å². The van der Waals surface area contributed by atoms with E-state index in [-0.39, 0.29) is 18.0 Å². The number of esters is 1. The predicted octanol–water partition coefficient (Wildman–Crippen LogP) is 0.659. The zero-order valence-corrected chi connectivity index (χ0v) is 16.7. The van der Waals surface area contributed by atoms with E-state index in [4.69, 9.17) is 9.47 Å². The fraction of sp³-hybridized carbons (Fsp3) is 0.200. The lowest BCUT2D eigenvalue weighted by Gasteiger charge is -2.09. The number of carbonyl (C=O) groups is 4. The molecule has 12 heteroatoms. The first-order chi connectivity index (χ1) is 15.3. The van der Waals surface area contributed by atoms with Crippen LogP contribution in [0, 0.1) is 10.1 Å². The largest absolute Gasteiger partial charge is 0.445 e. The Morgan fingerprint density at radius 2 is 1.41 bits per heavy atom. The number of alkyl carbamates (subject to hydrolysis) is 1. The maximum Gasteiger partial charge on any atom is 0.407 e. The van der Waals surface area contributed by atoms with Gasteiger partial charge in [-0.2, -0.15) is 0 Å². The summed E-state index contributed by atoms with van der Waals surface area (Å²) in [6, 6.07) is 13.8. The van der Waals surface area contributed by atoms with Crippen molar-refractivity contribution in [1.29, 1.82) is 0 Å². The third-order valence-corrected chi connectivity index (χ3v) is 3.76. The molecule has 12 nitrogen and oxygen atoms in total. The Balaban J connectivity index is 1.58. The van der Waals surface area contributed by atoms with Gasteiger partial charge in [-0.15, -0.1) is 0 Å². The molecule has 32 heavy (non-hydrogen) atoms. The number of ether oxygens (including phenoxy) is 2. The van der Waals surface area contributed by atoms with E-state index in [1.54, 1.807) is 24.3 Å². The van der Waals surface area contributed by atoms with Gasteiger partial charge in [0.15, 0.2) is 0 Å². The summed E-state index contributed by atoms with van der Waals surface area (Å²) in [6.45, 7) is -1.25. The maximum absolute atomic E-state index is 11.7. The Kier molecular flexibility index (Phi) is 9.12. The molecule has 2 aromatic rings. The second-order valence-corrected chi connectivity index (χ2v) is 6.19. The highest BCUT2D eigenvalue weighted by Crippen LogP contribution is 2.17. The summed E-state index contributed by atoms with van der Waals surface area (Å²) in [4.78, 5) is 56.6.